The lowest BCUT2D eigenvalue weighted by Crippen LogP contribution is -2.20. The summed E-state index contributed by atoms with van der Waals surface area (Å²) < 4.78 is 15.9. The summed E-state index contributed by atoms with van der Waals surface area (Å²) in [7, 11) is 0. The van der Waals surface area contributed by atoms with Crippen molar-refractivity contribution in [2.24, 2.45) is 5.10 Å². The minimum atomic E-state index is -0.505. The Morgan fingerprint density at radius 1 is 1.10 bits per heavy atom. The SMILES string of the molecule is O=C(CSc1nc2ccccc2n1Cc1ccccc1)N/N=C\c1c(F)cccc1Cl. The number of hydrogen-bond donors (Lipinski definition) is 1. The molecule has 0 aliphatic rings. The van der Waals surface area contributed by atoms with Gasteiger partial charge in [0.05, 0.1) is 34.6 Å². The zero-order valence-electron chi connectivity index (χ0n) is 16.3. The van der Waals surface area contributed by atoms with Crippen LogP contribution in [0.2, 0.25) is 5.02 Å². The third-order valence-electron chi connectivity index (χ3n) is 4.52. The predicted molar refractivity (Wildman–Crippen MR) is 123 cm³/mol. The molecule has 4 rings (SSSR count). The van der Waals surface area contributed by atoms with Crippen molar-refractivity contribution in [3.63, 3.8) is 0 Å². The second-order valence-corrected chi connectivity index (χ2v) is 8.02. The van der Waals surface area contributed by atoms with E-state index in [1.54, 1.807) is 6.07 Å². The first-order valence-corrected chi connectivity index (χ1v) is 10.9. The van der Waals surface area contributed by atoms with Crippen LogP contribution in [-0.4, -0.2) is 27.4 Å². The third kappa shape index (κ3) is 5.13. The fraction of sp³-hybridized carbons (Fsp3) is 0.0870. The van der Waals surface area contributed by atoms with Crippen molar-refractivity contribution in [1.29, 1.82) is 0 Å². The van der Waals surface area contributed by atoms with Gasteiger partial charge in [-0.15, -0.1) is 0 Å². The average molecular weight is 453 g/mol. The number of benzene rings is 3. The lowest BCUT2D eigenvalue weighted by atomic mass is 10.2. The van der Waals surface area contributed by atoms with Gasteiger partial charge in [-0.05, 0) is 29.8 Å². The van der Waals surface area contributed by atoms with Crippen molar-refractivity contribution in [2.45, 2.75) is 11.7 Å². The Kier molecular flexibility index (Phi) is 6.64. The van der Waals surface area contributed by atoms with Gasteiger partial charge in [-0.1, -0.05) is 71.9 Å². The highest BCUT2D eigenvalue weighted by molar-refractivity contribution is 7.99. The van der Waals surface area contributed by atoms with Crippen LogP contribution in [0.1, 0.15) is 11.1 Å². The second-order valence-electron chi connectivity index (χ2n) is 6.67. The van der Waals surface area contributed by atoms with Gasteiger partial charge in [0.25, 0.3) is 5.91 Å². The Hall–Kier alpha value is -3.16. The highest BCUT2D eigenvalue weighted by Gasteiger charge is 2.13. The molecule has 0 radical (unpaired) electrons. The number of halogens is 2. The maximum atomic E-state index is 13.8. The van der Waals surface area contributed by atoms with Gasteiger partial charge in [0.2, 0.25) is 0 Å². The largest absolute Gasteiger partial charge is 0.314 e. The number of aromatic nitrogens is 2. The summed E-state index contributed by atoms with van der Waals surface area (Å²) in [5, 5.41) is 4.78. The van der Waals surface area contributed by atoms with Gasteiger partial charge in [-0.3, -0.25) is 4.79 Å². The van der Waals surface area contributed by atoms with Crippen LogP contribution in [0.4, 0.5) is 4.39 Å². The molecule has 4 aromatic rings. The molecule has 0 unspecified atom stereocenters. The lowest BCUT2D eigenvalue weighted by molar-refractivity contribution is -0.118. The number of carbonyl (C=O) groups excluding carboxylic acids is 1. The van der Waals surface area contributed by atoms with E-state index in [0.29, 0.717) is 6.54 Å². The molecule has 1 aromatic heterocycles. The molecule has 8 heteroatoms. The Labute approximate surface area is 187 Å². The van der Waals surface area contributed by atoms with Gasteiger partial charge in [-0.2, -0.15) is 5.10 Å². The van der Waals surface area contributed by atoms with E-state index in [1.807, 2.05) is 42.5 Å². The zero-order valence-corrected chi connectivity index (χ0v) is 17.9. The Morgan fingerprint density at radius 3 is 2.68 bits per heavy atom. The molecule has 1 N–H and O–H groups in total. The molecule has 1 heterocycles. The van der Waals surface area contributed by atoms with Gasteiger partial charge in [0.15, 0.2) is 5.16 Å². The number of amides is 1. The molecule has 0 saturated heterocycles. The third-order valence-corrected chi connectivity index (χ3v) is 5.82. The molecule has 0 fully saturated rings. The summed E-state index contributed by atoms with van der Waals surface area (Å²) in [6.45, 7) is 0.648. The quantitative estimate of drug-likeness (QED) is 0.240. The van der Waals surface area contributed by atoms with Crippen LogP contribution in [-0.2, 0) is 11.3 Å². The summed E-state index contributed by atoms with van der Waals surface area (Å²) >= 11 is 7.27. The monoisotopic (exact) mass is 452 g/mol. The molecule has 0 aliphatic heterocycles. The highest BCUT2D eigenvalue weighted by atomic mass is 35.5. The van der Waals surface area contributed by atoms with Gasteiger partial charge >= 0.3 is 0 Å². The van der Waals surface area contributed by atoms with Crippen molar-refractivity contribution >= 4 is 46.5 Å². The van der Waals surface area contributed by atoms with E-state index in [0.717, 1.165) is 21.8 Å². The summed E-state index contributed by atoms with van der Waals surface area (Å²) in [4.78, 5) is 16.9. The summed E-state index contributed by atoms with van der Waals surface area (Å²) in [5.41, 5.74) is 5.55. The van der Waals surface area contributed by atoms with Crippen molar-refractivity contribution in [1.82, 2.24) is 15.0 Å². The lowest BCUT2D eigenvalue weighted by Gasteiger charge is -2.09. The number of nitrogens with zero attached hydrogens (tertiary/aromatic N) is 3. The maximum Gasteiger partial charge on any atom is 0.250 e. The number of rotatable bonds is 7. The predicted octanol–water partition coefficient (Wildman–Crippen LogP) is 5.12. The molecule has 31 heavy (non-hydrogen) atoms. The molecule has 3 aromatic carbocycles. The summed E-state index contributed by atoms with van der Waals surface area (Å²) in [6, 6.07) is 22.3. The van der Waals surface area contributed by atoms with E-state index in [4.69, 9.17) is 11.6 Å². The first-order valence-electron chi connectivity index (χ1n) is 9.50. The normalized spacial score (nSPS) is 11.3. The first-order chi connectivity index (χ1) is 15.1. The van der Waals surface area contributed by atoms with Gasteiger partial charge in [0, 0.05) is 5.56 Å². The van der Waals surface area contributed by atoms with Crippen LogP contribution in [0, 0.1) is 5.82 Å². The molecule has 0 bridgehead atoms. The standard InChI is InChI=1S/C23H18ClFN4OS/c24-18-9-6-10-19(25)17(18)13-26-28-22(30)15-31-23-27-20-11-4-5-12-21(20)29(23)14-16-7-2-1-3-8-16/h1-13H,14-15H2,(H,28,30)/b26-13-. The number of hydrazone groups is 1. The molecule has 0 spiro atoms. The highest BCUT2D eigenvalue weighted by Crippen LogP contribution is 2.25. The minimum absolute atomic E-state index is 0.112. The van der Waals surface area contributed by atoms with E-state index in [2.05, 4.69) is 32.2 Å². The number of hydrogen-bond acceptors (Lipinski definition) is 4. The molecule has 0 atom stereocenters. The molecule has 0 aliphatic carbocycles. The van der Waals surface area contributed by atoms with Crippen LogP contribution in [0.3, 0.4) is 0 Å². The number of para-hydroxylation sites is 2. The van der Waals surface area contributed by atoms with E-state index in [-0.39, 0.29) is 22.2 Å². The van der Waals surface area contributed by atoms with Gasteiger partial charge in [0.1, 0.15) is 5.82 Å². The molecule has 0 saturated carbocycles. The molecule has 1 amide bonds. The van der Waals surface area contributed by atoms with Gasteiger partial charge < -0.3 is 4.57 Å². The van der Waals surface area contributed by atoms with Crippen molar-refractivity contribution in [3.8, 4) is 0 Å². The number of nitrogens with one attached hydrogen (secondary N) is 1. The number of thioether (sulfide) groups is 1. The molecular formula is C23H18ClFN4OS. The smallest absolute Gasteiger partial charge is 0.250 e. The molecule has 5 nitrogen and oxygen atoms in total. The first kappa shape index (κ1) is 21.1. The maximum absolute atomic E-state index is 13.8. The fourth-order valence-corrected chi connectivity index (χ4v) is 4.07. The summed E-state index contributed by atoms with van der Waals surface area (Å²) in [6.07, 6.45) is 1.20. The van der Waals surface area contributed by atoms with Crippen LogP contribution >= 0.6 is 23.4 Å². The van der Waals surface area contributed by atoms with Crippen molar-refractivity contribution in [2.75, 3.05) is 5.75 Å². The topological polar surface area (TPSA) is 59.3 Å². The van der Waals surface area contributed by atoms with Crippen LogP contribution in [0.5, 0.6) is 0 Å². The van der Waals surface area contributed by atoms with Crippen molar-refractivity contribution in [3.05, 3.63) is 94.8 Å². The second kappa shape index (κ2) is 9.76. The van der Waals surface area contributed by atoms with E-state index < -0.39 is 5.82 Å². The molecule has 156 valence electrons. The van der Waals surface area contributed by atoms with Gasteiger partial charge in [-0.25, -0.2) is 14.8 Å². The van der Waals surface area contributed by atoms with Crippen LogP contribution < -0.4 is 5.43 Å². The van der Waals surface area contributed by atoms with E-state index in [9.17, 15) is 9.18 Å². The van der Waals surface area contributed by atoms with E-state index in [1.165, 1.54) is 30.1 Å². The Balaban J connectivity index is 1.45. The van der Waals surface area contributed by atoms with Crippen LogP contribution in [0.15, 0.2) is 83.1 Å². The molecular weight excluding hydrogens is 435 g/mol. The number of carbonyl (C=O) groups is 1. The minimum Gasteiger partial charge on any atom is -0.314 e. The fourth-order valence-electron chi connectivity index (χ4n) is 3.05. The average Bonchev–Trinajstić information content (AvgIpc) is 3.12. The van der Waals surface area contributed by atoms with E-state index >= 15 is 0 Å². The Bertz CT molecular complexity index is 1220. The Morgan fingerprint density at radius 2 is 1.87 bits per heavy atom. The van der Waals surface area contributed by atoms with Crippen molar-refractivity contribution < 1.29 is 9.18 Å². The van der Waals surface area contributed by atoms with Crippen LogP contribution in [0.25, 0.3) is 11.0 Å². The number of fused-ring (bicyclic) bond motifs is 1. The summed E-state index contributed by atoms with van der Waals surface area (Å²) in [5.74, 6) is -0.720. The zero-order chi connectivity index (χ0) is 21.6. The number of imidazole rings is 1.